The Labute approximate surface area is 276 Å². The summed E-state index contributed by atoms with van der Waals surface area (Å²) < 4.78 is 20.4. The molecule has 1 saturated carbocycles. The number of rotatable bonds is 12. The molecule has 0 amide bonds. The van der Waals surface area contributed by atoms with Gasteiger partial charge in [-0.2, -0.15) is 0 Å². The van der Waals surface area contributed by atoms with Crippen molar-refractivity contribution in [1.29, 1.82) is 0 Å². The van der Waals surface area contributed by atoms with E-state index >= 15 is 0 Å². The lowest BCUT2D eigenvalue weighted by molar-refractivity contribution is -0.226. The van der Waals surface area contributed by atoms with Gasteiger partial charge in [-0.25, -0.2) is 4.68 Å². The molecule has 2 aromatic rings. The van der Waals surface area contributed by atoms with Gasteiger partial charge in [-0.15, -0.1) is 5.10 Å². The van der Waals surface area contributed by atoms with Gasteiger partial charge in [-0.05, 0) is 94.9 Å². The topological polar surface area (TPSA) is 161 Å². The highest BCUT2D eigenvalue weighted by molar-refractivity contribution is 6.02. The number of benzene rings is 1. The molecule has 3 heterocycles. The van der Waals surface area contributed by atoms with Gasteiger partial charge >= 0.3 is 0 Å². The predicted octanol–water partition coefficient (Wildman–Crippen LogP) is 4.98. The normalized spacial score (nSPS) is 31.0. The number of hydrogen-bond donors (Lipinski definition) is 4. The number of phenolic OH excluding ortho intramolecular Hbond substituents is 1. The van der Waals surface area contributed by atoms with Crippen molar-refractivity contribution >= 4 is 5.71 Å². The molecule has 12 nitrogen and oxygen atoms in total. The van der Waals surface area contributed by atoms with E-state index in [0.717, 1.165) is 56.1 Å². The number of nitrogens with zero attached hydrogens (tertiary/aromatic N) is 4. The number of phenols is 1. The molecule has 0 bridgehead atoms. The van der Waals surface area contributed by atoms with Crippen LogP contribution in [0.3, 0.4) is 0 Å². The van der Waals surface area contributed by atoms with Crippen molar-refractivity contribution in [2.75, 3.05) is 19.8 Å². The van der Waals surface area contributed by atoms with Crippen LogP contribution >= 0.6 is 0 Å². The summed E-state index contributed by atoms with van der Waals surface area (Å²) >= 11 is 0. The number of fused-ring (bicyclic) bond motifs is 2. The van der Waals surface area contributed by atoms with Gasteiger partial charge in [0.05, 0.1) is 18.2 Å². The number of allylic oxidation sites excluding steroid dienone is 1. The lowest BCUT2D eigenvalue weighted by Gasteiger charge is -2.56. The molecule has 47 heavy (non-hydrogen) atoms. The first-order valence-corrected chi connectivity index (χ1v) is 17.2. The number of aliphatic hydroxyl groups excluding tert-OH is 2. The molecule has 258 valence electrons. The number of aromatic nitrogens is 3. The summed E-state index contributed by atoms with van der Waals surface area (Å²) in [6.45, 7) is 6.66. The molecule has 2 aliphatic heterocycles. The Kier molecular flexibility index (Phi) is 10.1. The van der Waals surface area contributed by atoms with Gasteiger partial charge in [0.2, 0.25) is 18.0 Å². The van der Waals surface area contributed by atoms with Crippen LogP contribution in [0.1, 0.15) is 103 Å². The van der Waals surface area contributed by atoms with Crippen LogP contribution in [-0.4, -0.2) is 78.6 Å². The number of ether oxygens (including phenoxy) is 3. The zero-order valence-corrected chi connectivity index (χ0v) is 27.8. The largest absolute Gasteiger partial charge is 0.508 e. The van der Waals surface area contributed by atoms with Crippen LogP contribution < -0.4 is 9.47 Å². The lowest BCUT2D eigenvalue weighted by Crippen LogP contribution is -2.62. The second-order valence-corrected chi connectivity index (χ2v) is 14.4. The third-order valence-electron chi connectivity index (χ3n) is 9.92. The molecule has 7 atom stereocenters. The average molecular weight is 655 g/mol. The summed E-state index contributed by atoms with van der Waals surface area (Å²) in [7, 11) is 0. The number of aromatic hydroxyl groups is 1. The SMILES string of the molecule is CC(C)(C)ON=C1C[C@H](n2nncc2OC2CCCCO2)[C@@]2(O)Oc3ccc(O)cc3[C@H]3[C@H](CCCCO)[C@@H](CCCCO)C=C1[C@H]32. The molecule has 1 saturated heterocycles. The van der Waals surface area contributed by atoms with E-state index in [4.69, 9.17) is 24.2 Å². The molecule has 1 unspecified atom stereocenters. The molecule has 1 aromatic heterocycles. The predicted molar refractivity (Wildman–Crippen MR) is 173 cm³/mol. The van der Waals surface area contributed by atoms with Gasteiger partial charge in [0.15, 0.2) is 0 Å². The summed E-state index contributed by atoms with van der Waals surface area (Å²) in [6, 6.07) is 4.26. The maximum atomic E-state index is 13.0. The van der Waals surface area contributed by atoms with E-state index in [1.807, 2.05) is 20.8 Å². The van der Waals surface area contributed by atoms with Crippen LogP contribution in [0, 0.1) is 17.8 Å². The summed E-state index contributed by atoms with van der Waals surface area (Å²) in [5.74, 6) is -1.49. The molecule has 2 aliphatic carbocycles. The van der Waals surface area contributed by atoms with Crippen molar-refractivity contribution in [1.82, 2.24) is 15.0 Å². The van der Waals surface area contributed by atoms with Crippen LogP contribution in [0.4, 0.5) is 0 Å². The Morgan fingerprint density at radius 3 is 2.60 bits per heavy atom. The summed E-state index contributed by atoms with van der Waals surface area (Å²) in [6.07, 6.45) is 10.9. The maximum Gasteiger partial charge on any atom is 0.238 e. The number of aliphatic hydroxyl groups is 3. The van der Waals surface area contributed by atoms with Gasteiger partial charge in [-0.1, -0.05) is 29.3 Å². The van der Waals surface area contributed by atoms with Gasteiger partial charge in [0.1, 0.15) is 29.3 Å². The van der Waals surface area contributed by atoms with Crippen LogP contribution in [0.5, 0.6) is 17.4 Å². The quantitative estimate of drug-likeness (QED) is 0.181. The molecule has 4 aliphatic rings. The second-order valence-electron chi connectivity index (χ2n) is 14.4. The van der Waals surface area contributed by atoms with E-state index in [-0.39, 0.29) is 43.1 Å². The van der Waals surface area contributed by atoms with E-state index in [2.05, 4.69) is 16.4 Å². The lowest BCUT2D eigenvalue weighted by atomic mass is 9.55. The van der Waals surface area contributed by atoms with E-state index in [9.17, 15) is 20.4 Å². The standard InChI is InChI=1S/C35H50N4O8/c1-34(2,3)47-37-27-20-29(39-30(21-36-38-39)45-31-12-6-9-17-44-31)35(43)33-25(27)18-22(10-4-7-15-40)24(11-5-8-16-41)32(33)26-19-23(42)13-14-28(26)46-35/h13-14,18-19,21-22,24,29,31-33,40-43H,4-12,15-17,20H2,1-3H3/t22-,24+,29-,31?,32+,33+,35+/m0/s1. The van der Waals surface area contributed by atoms with Crippen molar-refractivity contribution in [2.24, 2.45) is 22.9 Å². The van der Waals surface area contributed by atoms with Crippen LogP contribution in [0.25, 0.3) is 0 Å². The zero-order valence-electron chi connectivity index (χ0n) is 27.8. The molecule has 12 heteroatoms. The fourth-order valence-electron chi connectivity index (χ4n) is 7.87. The summed E-state index contributed by atoms with van der Waals surface area (Å²) in [4.78, 5) is 6.05. The summed E-state index contributed by atoms with van der Waals surface area (Å²) in [5, 5.41) is 56.4. The van der Waals surface area contributed by atoms with E-state index < -0.39 is 29.6 Å². The Bertz CT molecular complexity index is 1430. The average Bonchev–Trinajstić information content (AvgIpc) is 3.49. The van der Waals surface area contributed by atoms with Gasteiger partial charge < -0.3 is 39.5 Å². The first-order chi connectivity index (χ1) is 22.6. The van der Waals surface area contributed by atoms with Gasteiger partial charge in [0.25, 0.3) is 0 Å². The number of oxime groups is 1. The van der Waals surface area contributed by atoms with E-state index in [1.54, 1.807) is 22.9 Å². The van der Waals surface area contributed by atoms with Crippen LogP contribution in [-0.2, 0) is 9.57 Å². The highest BCUT2D eigenvalue weighted by Crippen LogP contribution is 2.62. The van der Waals surface area contributed by atoms with Gasteiger partial charge in [-0.3, -0.25) is 0 Å². The van der Waals surface area contributed by atoms with Crippen molar-refractivity contribution in [3.63, 3.8) is 0 Å². The fourth-order valence-corrected chi connectivity index (χ4v) is 7.87. The molecular formula is C35H50N4O8. The Morgan fingerprint density at radius 2 is 1.87 bits per heavy atom. The first kappa shape index (κ1) is 33.7. The minimum Gasteiger partial charge on any atom is -0.508 e. The highest BCUT2D eigenvalue weighted by atomic mass is 16.7. The fraction of sp³-hybridized carbons (Fsp3) is 0.686. The Morgan fingerprint density at radius 1 is 1.09 bits per heavy atom. The third-order valence-corrected chi connectivity index (χ3v) is 9.92. The van der Waals surface area contributed by atoms with E-state index in [0.29, 0.717) is 36.8 Å². The molecule has 4 N–H and O–H groups in total. The third kappa shape index (κ3) is 7.02. The Hall–Kier alpha value is -3.19. The zero-order chi connectivity index (χ0) is 33.2. The van der Waals surface area contributed by atoms with Crippen molar-refractivity contribution in [3.05, 3.63) is 41.6 Å². The summed E-state index contributed by atoms with van der Waals surface area (Å²) in [5.41, 5.74) is 1.82. The van der Waals surface area contributed by atoms with E-state index in [1.165, 1.54) is 6.20 Å². The van der Waals surface area contributed by atoms with Gasteiger partial charge in [0, 0.05) is 37.5 Å². The van der Waals surface area contributed by atoms with Crippen molar-refractivity contribution < 1.29 is 39.5 Å². The molecular weight excluding hydrogens is 604 g/mol. The highest BCUT2D eigenvalue weighted by Gasteiger charge is 2.63. The first-order valence-electron chi connectivity index (χ1n) is 17.2. The second kappa shape index (κ2) is 14.1. The Balaban J connectivity index is 1.51. The van der Waals surface area contributed by atoms with Crippen LogP contribution in [0.15, 0.2) is 41.2 Å². The molecule has 2 fully saturated rings. The minimum atomic E-state index is -1.79. The minimum absolute atomic E-state index is 0.0515. The number of unbranched alkanes of at least 4 members (excludes halogenated alkanes) is 2. The van der Waals surface area contributed by atoms with Crippen molar-refractivity contribution in [2.45, 2.75) is 115 Å². The number of hydrogen-bond acceptors (Lipinski definition) is 11. The monoisotopic (exact) mass is 654 g/mol. The molecule has 6 rings (SSSR count). The smallest absolute Gasteiger partial charge is 0.238 e. The van der Waals surface area contributed by atoms with Crippen molar-refractivity contribution in [3.8, 4) is 17.4 Å². The molecule has 0 radical (unpaired) electrons. The molecule has 0 spiro atoms. The van der Waals surface area contributed by atoms with Crippen LogP contribution in [0.2, 0.25) is 0 Å². The maximum absolute atomic E-state index is 13.0. The molecule has 1 aromatic carbocycles.